The van der Waals surface area contributed by atoms with Gasteiger partial charge in [-0.3, -0.25) is 0 Å². The highest BCUT2D eigenvalue weighted by atomic mass is 35.5. The first kappa shape index (κ1) is 21.2. The van der Waals surface area contributed by atoms with E-state index in [1.54, 1.807) is 0 Å². The summed E-state index contributed by atoms with van der Waals surface area (Å²) in [5.74, 6) is 0.429. The van der Waals surface area contributed by atoms with Crippen LogP contribution >= 0.6 is 34.8 Å². The molecule has 5 heteroatoms. The Morgan fingerprint density at radius 3 is 1.81 bits per heavy atom. The molecule has 0 spiro atoms. The molecule has 0 saturated heterocycles. The summed E-state index contributed by atoms with van der Waals surface area (Å²) < 4.78 is 0. The van der Waals surface area contributed by atoms with Crippen molar-refractivity contribution in [1.82, 2.24) is 0 Å². The number of halogens is 3. The van der Waals surface area contributed by atoms with Gasteiger partial charge in [-0.15, -0.1) is 0 Å². The molecule has 0 heterocycles. The van der Waals surface area contributed by atoms with Gasteiger partial charge >= 0.3 is 0 Å². The van der Waals surface area contributed by atoms with Crippen molar-refractivity contribution in [2.75, 3.05) is 11.5 Å². The van der Waals surface area contributed by atoms with Crippen LogP contribution in [0.25, 0.3) is 0 Å². The highest BCUT2D eigenvalue weighted by molar-refractivity contribution is 6.38. The zero-order chi connectivity index (χ0) is 19.9. The van der Waals surface area contributed by atoms with E-state index in [1.165, 1.54) is 0 Å². The fourth-order valence-electron chi connectivity index (χ4n) is 3.43. The molecule has 142 valence electrons. The Balaban J connectivity index is 2.71. The average molecular weight is 414 g/mol. The molecule has 0 bridgehead atoms. The standard InChI is InChI=1S/C21H27Cl3N2/c1-9(2)15-18(23)13(7-11(5)20(15)25)8-14-17(22)12(6)21(26)16(10(3)4)19(14)24/h7,9-10H,8,25-26H2,1-6H3. The predicted octanol–water partition coefficient (Wildman–Crippen LogP) is 7.27. The predicted molar refractivity (Wildman–Crippen MR) is 117 cm³/mol. The minimum atomic E-state index is 0.201. The molecule has 26 heavy (non-hydrogen) atoms. The second kappa shape index (κ2) is 7.88. The first-order chi connectivity index (χ1) is 12.0. The van der Waals surface area contributed by atoms with Crippen LogP contribution in [0.1, 0.15) is 72.9 Å². The van der Waals surface area contributed by atoms with Crippen molar-refractivity contribution in [3.8, 4) is 0 Å². The molecule has 0 aromatic heterocycles. The molecule has 2 rings (SSSR count). The second-order valence-corrected chi connectivity index (χ2v) is 8.67. The van der Waals surface area contributed by atoms with E-state index in [0.717, 1.165) is 39.1 Å². The van der Waals surface area contributed by atoms with Gasteiger partial charge in [-0.25, -0.2) is 0 Å². The molecular weight excluding hydrogens is 387 g/mol. The first-order valence-electron chi connectivity index (χ1n) is 8.82. The number of anilines is 2. The number of hydrogen-bond donors (Lipinski definition) is 2. The summed E-state index contributed by atoms with van der Waals surface area (Å²) in [5.41, 5.74) is 19.6. The van der Waals surface area contributed by atoms with Crippen molar-refractivity contribution in [1.29, 1.82) is 0 Å². The van der Waals surface area contributed by atoms with Crippen molar-refractivity contribution in [3.05, 3.63) is 54.5 Å². The van der Waals surface area contributed by atoms with Crippen LogP contribution in [0, 0.1) is 13.8 Å². The van der Waals surface area contributed by atoms with E-state index in [0.29, 0.717) is 27.2 Å². The van der Waals surface area contributed by atoms with E-state index in [2.05, 4.69) is 27.7 Å². The highest BCUT2D eigenvalue weighted by Gasteiger charge is 2.22. The van der Waals surface area contributed by atoms with Gasteiger partial charge in [0.1, 0.15) is 0 Å². The maximum Gasteiger partial charge on any atom is 0.0511 e. The zero-order valence-electron chi connectivity index (χ0n) is 16.2. The van der Waals surface area contributed by atoms with Gasteiger partial charge in [0.2, 0.25) is 0 Å². The molecule has 0 atom stereocenters. The van der Waals surface area contributed by atoms with Gasteiger partial charge in [0.15, 0.2) is 0 Å². The Labute approximate surface area is 171 Å². The average Bonchev–Trinajstić information content (AvgIpc) is 2.53. The van der Waals surface area contributed by atoms with E-state index in [-0.39, 0.29) is 11.8 Å². The maximum absolute atomic E-state index is 6.73. The Hall–Kier alpha value is -1.09. The molecule has 2 aromatic carbocycles. The van der Waals surface area contributed by atoms with Gasteiger partial charge in [-0.05, 0) is 59.1 Å². The Morgan fingerprint density at radius 1 is 0.808 bits per heavy atom. The van der Waals surface area contributed by atoms with Gasteiger partial charge in [-0.2, -0.15) is 0 Å². The van der Waals surface area contributed by atoms with Crippen LogP contribution in [0.5, 0.6) is 0 Å². The van der Waals surface area contributed by atoms with Gasteiger partial charge in [0.25, 0.3) is 0 Å². The van der Waals surface area contributed by atoms with Gasteiger partial charge in [0.05, 0.1) is 10.0 Å². The smallest absolute Gasteiger partial charge is 0.0511 e. The minimum absolute atomic E-state index is 0.201. The second-order valence-electron chi connectivity index (χ2n) is 7.54. The highest BCUT2D eigenvalue weighted by Crippen LogP contribution is 2.43. The third-order valence-corrected chi connectivity index (χ3v) is 6.33. The number of nitrogens with two attached hydrogens (primary N) is 2. The van der Waals surface area contributed by atoms with Gasteiger partial charge in [-0.1, -0.05) is 68.6 Å². The lowest BCUT2D eigenvalue weighted by molar-refractivity contribution is 0.861. The van der Waals surface area contributed by atoms with E-state index >= 15 is 0 Å². The van der Waals surface area contributed by atoms with Crippen molar-refractivity contribution in [3.63, 3.8) is 0 Å². The van der Waals surface area contributed by atoms with Crippen LogP contribution in [-0.2, 0) is 6.42 Å². The molecule has 0 aliphatic carbocycles. The number of benzene rings is 2. The Morgan fingerprint density at radius 2 is 1.31 bits per heavy atom. The minimum Gasteiger partial charge on any atom is -0.398 e. The fourth-order valence-corrected chi connectivity index (χ4v) is 4.67. The Kier molecular flexibility index (Phi) is 6.43. The molecule has 0 radical (unpaired) electrons. The van der Waals surface area contributed by atoms with Crippen molar-refractivity contribution in [2.24, 2.45) is 0 Å². The van der Waals surface area contributed by atoms with Crippen LogP contribution in [0.15, 0.2) is 6.07 Å². The summed E-state index contributed by atoms with van der Waals surface area (Å²) >= 11 is 20.1. The molecule has 4 N–H and O–H groups in total. The lowest BCUT2D eigenvalue weighted by Crippen LogP contribution is -2.07. The topological polar surface area (TPSA) is 52.0 Å². The quantitative estimate of drug-likeness (QED) is 0.518. The molecule has 0 aliphatic heterocycles. The molecule has 0 amide bonds. The zero-order valence-corrected chi connectivity index (χ0v) is 18.5. The van der Waals surface area contributed by atoms with E-state index in [1.807, 2.05) is 19.9 Å². The molecular formula is C21H27Cl3N2. The van der Waals surface area contributed by atoms with Crippen LogP contribution in [-0.4, -0.2) is 0 Å². The summed E-state index contributed by atoms with van der Waals surface area (Å²) in [6, 6.07) is 2.02. The SMILES string of the molecule is Cc1cc(Cc2c(Cl)c(C)c(N)c(C(C)C)c2Cl)c(Cl)c(C(C)C)c1N. The van der Waals surface area contributed by atoms with E-state index in [4.69, 9.17) is 46.3 Å². The monoisotopic (exact) mass is 412 g/mol. The lowest BCUT2D eigenvalue weighted by Gasteiger charge is -2.22. The van der Waals surface area contributed by atoms with Gasteiger partial charge < -0.3 is 11.5 Å². The van der Waals surface area contributed by atoms with Crippen LogP contribution in [0.2, 0.25) is 15.1 Å². The van der Waals surface area contributed by atoms with Crippen molar-refractivity contribution < 1.29 is 0 Å². The van der Waals surface area contributed by atoms with Crippen LogP contribution in [0.3, 0.4) is 0 Å². The van der Waals surface area contributed by atoms with Crippen molar-refractivity contribution in [2.45, 2.75) is 59.8 Å². The van der Waals surface area contributed by atoms with Crippen LogP contribution in [0.4, 0.5) is 11.4 Å². The summed E-state index contributed by atoms with van der Waals surface area (Å²) in [6.45, 7) is 12.3. The fraction of sp³-hybridized carbons (Fsp3) is 0.429. The molecule has 0 unspecified atom stereocenters. The summed E-state index contributed by atoms with van der Waals surface area (Å²) in [4.78, 5) is 0. The maximum atomic E-state index is 6.73. The van der Waals surface area contributed by atoms with Crippen LogP contribution < -0.4 is 11.5 Å². The summed E-state index contributed by atoms with van der Waals surface area (Å²) in [6.07, 6.45) is 0.540. The number of rotatable bonds is 4. The molecule has 0 fully saturated rings. The van der Waals surface area contributed by atoms with Gasteiger partial charge in [0, 0.05) is 22.8 Å². The number of nitrogen functional groups attached to an aromatic ring is 2. The van der Waals surface area contributed by atoms with Crippen molar-refractivity contribution >= 4 is 46.2 Å². The summed E-state index contributed by atoms with van der Waals surface area (Å²) in [5, 5.41) is 1.93. The molecule has 0 aliphatic rings. The largest absolute Gasteiger partial charge is 0.398 e. The third-order valence-electron chi connectivity index (χ3n) is 4.94. The molecule has 2 nitrogen and oxygen atoms in total. The number of aryl methyl sites for hydroxylation is 1. The molecule has 2 aromatic rings. The van der Waals surface area contributed by atoms with E-state index < -0.39 is 0 Å². The normalized spacial score (nSPS) is 11.7. The van der Waals surface area contributed by atoms with E-state index in [9.17, 15) is 0 Å². The summed E-state index contributed by atoms with van der Waals surface area (Å²) in [7, 11) is 0. The third kappa shape index (κ3) is 3.65. The Bertz CT molecular complexity index is 856. The lowest BCUT2D eigenvalue weighted by atomic mass is 9.90. The molecule has 0 saturated carbocycles. The first-order valence-corrected chi connectivity index (χ1v) is 9.95. The number of hydrogen-bond acceptors (Lipinski definition) is 2.